The number of rotatable bonds is 4. The first kappa shape index (κ1) is 11.8. The first-order valence-electron chi connectivity index (χ1n) is 5.96. The molecule has 1 fully saturated rings. The molecule has 0 unspecified atom stereocenters. The molecule has 1 aliphatic rings. The third-order valence-electron chi connectivity index (χ3n) is 3.31. The molecule has 5 nitrogen and oxygen atoms in total. The van der Waals surface area contributed by atoms with E-state index in [0.29, 0.717) is 11.5 Å². The highest BCUT2D eigenvalue weighted by atomic mass is 16.4. The molecule has 1 saturated carbocycles. The maximum atomic E-state index is 11.7. The van der Waals surface area contributed by atoms with Gasteiger partial charge in [-0.1, -0.05) is 12.8 Å². The zero-order valence-electron chi connectivity index (χ0n) is 9.61. The van der Waals surface area contributed by atoms with Gasteiger partial charge in [-0.25, -0.2) is 4.98 Å². The molecule has 1 heterocycles. The lowest BCUT2D eigenvalue weighted by atomic mass is 9.97. The van der Waals surface area contributed by atoms with Crippen LogP contribution in [0.15, 0.2) is 11.1 Å². The fourth-order valence-corrected chi connectivity index (χ4v) is 2.47. The molecule has 0 atom stereocenters. The molecule has 0 saturated heterocycles. The Kier molecular flexibility index (Phi) is 3.56. The van der Waals surface area contributed by atoms with Crippen LogP contribution >= 0.6 is 0 Å². The second-order valence-electron chi connectivity index (χ2n) is 4.47. The smallest absolute Gasteiger partial charge is 0.303 e. The van der Waals surface area contributed by atoms with Crippen LogP contribution in [0, 0.1) is 0 Å². The summed E-state index contributed by atoms with van der Waals surface area (Å²) in [6.07, 6.45) is 6.10. The van der Waals surface area contributed by atoms with Gasteiger partial charge in [-0.15, -0.1) is 0 Å². The van der Waals surface area contributed by atoms with Crippen molar-refractivity contribution < 1.29 is 9.90 Å². The van der Waals surface area contributed by atoms with Crippen LogP contribution in [0.25, 0.3) is 0 Å². The van der Waals surface area contributed by atoms with Gasteiger partial charge in [0.05, 0.1) is 12.0 Å². The quantitative estimate of drug-likeness (QED) is 0.828. The van der Waals surface area contributed by atoms with Crippen molar-refractivity contribution in [2.45, 2.75) is 44.4 Å². The Hall–Kier alpha value is -1.65. The molecule has 1 aromatic rings. The second-order valence-corrected chi connectivity index (χ2v) is 4.47. The van der Waals surface area contributed by atoms with Crippen molar-refractivity contribution in [3.63, 3.8) is 0 Å². The third kappa shape index (κ3) is 2.72. The highest BCUT2D eigenvalue weighted by molar-refractivity contribution is 5.67. The second kappa shape index (κ2) is 5.12. The minimum Gasteiger partial charge on any atom is -0.481 e. The maximum Gasteiger partial charge on any atom is 0.303 e. The highest BCUT2D eigenvalue weighted by Crippen LogP contribution is 2.33. The molecule has 0 radical (unpaired) electrons. The van der Waals surface area contributed by atoms with Gasteiger partial charge in [0.2, 0.25) is 0 Å². The minimum atomic E-state index is -0.884. The fourth-order valence-electron chi connectivity index (χ4n) is 2.47. The Morgan fingerprint density at radius 1 is 1.47 bits per heavy atom. The summed E-state index contributed by atoms with van der Waals surface area (Å²) >= 11 is 0. The van der Waals surface area contributed by atoms with E-state index in [9.17, 15) is 9.59 Å². The Morgan fingerprint density at radius 2 is 2.18 bits per heavy atom. The topological polar surface area (TPSA) is 83.0 Å². The van der Waals surface area contributed by atoms with Crippen LogP contribution in [0.1, 0.15) is 49.3 Å². The summed E-state index contributed by atoms with van der Waals surface area (Å²) in [7, 11) is 0. The van der Waals surface area contributed by atoms with Crippen molar-refractivity contribution in [1.29, 1.82) is 0 Å². The molecule has 5 heteroatoms. The van der Waals surface area contributed by atoms with Crippen molar-refractivity contribution in [3.8, 4) is 0 Å². The Bertz CT molecular complexity index is 461. The van der Waals surface area contributed by atoms with Gasteiger partial charge in [-0.05, 0) is 19.3 Å². The van der Waals surface area contributed by atoms with Crippen LogP contribution < -0.4 is 5.56 Å². The standard InChI is InChI=1S/C12H16N2O3/c15-10(16)6-5-9-11(8-3-1-2-4-8)13-7-14-12(9)17/h7-8H,1-6H2,(H,15,16)(H,13,14,17). The van der Waals surface area contributed by atoms with Crippen LogP contribution in [0.5, 0.6) is 0 Å². The number of carboxylic acids is 1. The number of nitrogens with zero attached hydrogens (tertiary/aromatic N) is 1. The van der Waals surface area contributed by atoms with Gasteiger partial charge >= 0.3 is 5.97 Å². The lowest BCUT2D eigenvalue weighted by Gasteiger charge is -2.12. The lowest BCUT2D eigenvalue weighted by Crippen LogP contribution is -2.19. The molecule has 1 aliphatic carbocycles. The number of hydrogen-bond acceptors (Lipinski definition) is 3. The van der Waals surface area contributed by atoms with Gasteiger partial charge in [-0.3, -0.25) is 9.59 Å². The van der Waals surface area contributed by atoms with Crippen molar-refractivity contribution in [2.24, 2.45) is 0 Å². The number of aliphatic carboxylic acids is 1. The van der Waals surface area contributed by atoms with Gasteiger partial charge < -0.3 is 10.1 Å². The van der Waals surface area contributed by atoms with Crippen molar-refractivity contribution >= 4 is 5.97 Å². The molecular weight excluding hydrogens is 220 g/mol. The number of nitrogens with one attached hydrogen (secondary N) is 1. The molecule has 0 aromatic carbocycles. The molecule has 0 amide bonds. The number of carbonyl (C=O) groups is 1. The van der Waals surface area contributed by atoms with E-state index >= 15 is 0 Å². The molecule has 2 rings (SSSR count). The predicted molar refractivity (Wildman–Crippen MR) is 62.0 cm³/mol. The predicted octanol–water partition coefficient (Wildman–Crippen LogP) is 1.44. The van der Waals surface area contributed by atoms with Gasteiger partial charge in [0, 0.05) is 17.9 Å². The number of carboxylic acid groups (broad SMARTS) is 1. The van der Waals surface area contributed by atoms with E-state index in [1.807, 2.05) is 0 Å². The summed E-state index contributed by atoms with van der Waals surface area (Å²) in [6, 6.07) is 0. The largest absolute Gasteiger partial charge is 0.481 e. The molecule has 0 aliphatic heterocycles. The van der Waals surface area contributed by atoms with Crippen LogP contribution in [0.2, 0.25) is 0 Å². The summed E-state index contributed by atoms with van der Waals surface area (Å²) in [5.74, 6) is -0.549. The fraction of sp³-hybridized carbons (Fsp3) is 0.583. The minimum absolute atomic E-state index is 0.0194. The van der Waals surface area contributed by atoms with E-state index in [2.05, 4.69) is 9.97 Å². The molecule has 92 valence electrons. The van der Waals surface area contributed by atoms with E-state index in [1.165, 1.54) is 6.33 Å². The number of hydrogen-bond donors (Lipinski definition) is 2. The van der Waals surface area contributed by atoms with Gasteiger partial charge in [-0.2, -0.15) is 0 Å². The Labute approximate surface area is 98.9 Å². The number of H-pyrrole nitrogens is 1. The van der Waals surface area contributed by atoms with E-state index < -0.39 is 5.97 Å². The summed E-state index contributed by atoms with van der Waals surface area (Å²) in [6.45, 7) is 0. The Morgan fingerprint density at radius 3 is 2.82 bits per heavy atom. The van der Waals surface area contributed by atoms with Gasteiger partial charge in [0.25, 0.3) is 5.56 Å². The Balaban J connectivity index is 2.27. The van der Waals surface area contributed by atoms with Gasteiger partial charge in [0.15, 0.2) is 0 Å². The molecule has 0 spiro atoms. The zero-order valence-corrected chi connectivity index (χ0v) is 9.61. The highest BCUT2D eigenvalue weighted by Gasteiger charge is 2.22. The SMILES string of the molecule is O=C(O)CCc1c(C2CCCC2)nc[nH]c1=O. The monoisotopic (exact) mass is 236 g/mol. The third-order valence-corrected chi connectivity index (χ3v) is 3.31. The molecule has 0 bridgehead atoms. The van der Waals surface area contributed by atoms with E-state index in [-0.39, 0.29) is 18.4 Å². The van der Waals surface area contributed by atoms with Gasteiger partial charge in [0.1, 0.15) is 0 Å². The van der Waals surface area contributed by atoms with Crippen LogP contribution in [-0.4, -0.2) is 21.0 Å². The molecule has 2 N–H and O–H groups in total. The first-order chi connectivity index (χ1) is 8.18. The normalized spacial score (nSPS) is 16.2. The summed E-state index contributed by atoms with van der Waals surface area (Å²) in [4.78, 5) is 29.1. The van der Waals surface area contributed by atoms with Crippen molar-refractivity contribution in [2.75, 3.05) is 0 Å². The van der Waals surface area contributed by atoms with Crippen molar-refractivity contribution in [3.05, 3.63) is 27.9 Å². The lowest BCUT2D eigenvalue weighted by molar-refractivity contribution is -0.136. The summed E-state index contributed by atoms with van der Waals surface area (Å²) in [5, 5.41) is 8.69. The average molecular weight is 236 g/mol. The van der Waals surface area contributed by atoms with Crippen LogP contribution in [0.4, 0.5) is 0 Å². The molecule has 1 aromatic heterocycles. The first-order valence-corrected chi connectivity index (χ1v) is 5.96. The van der Waals surface area contributed by atoms with Crippen LogP contribution in [0.3, 0.4) is 0 Å². The van der Waals surface area contributed by atoms with Crippen LogP contribution in [-0.2, 0) is 11.2 Å². The summed E-state index contributed by atoms with van der Waals surface area (Å²) in [5.41, 5.74) is 1.18. The zero-order chi connectivity index (χ0) is 12.3. The number of aromatic nitrogens is 2. The summed E-state index contributed by atoms with van der Waals surface area (Å²) < 4.78 is 0. The van der Waals surface area contributed by atoms with Crippen molar-refractivity contribution in [1.82, 2.24) is 9.97 Å². The van der Waals surface area contributed by atoms with E-state index in [0.717, 1.165) is 31.4 Å². The maximum absolute atomic E-state index is 11.7. The number of aromatic amines is 1. The van der Waals surface area contributed by atoms with E-state index in [4.69, 9.17) is 5.11 Å². The average Bonchev–Trinajstić information content (AvgIpc) is 2.80. The van der Waals surface area contributed by atoms with E-state index in [1.54, 1.807) is 0 Å². The molecule has 17 heavy (non-hydrogen) atoms. The molecular formula is C12H16N2O3.